The van der Waals surface area contributed by atoms with Gasteiger partial charge in [-0.25, -0.2) is 4.39 Å². The van der Waals surface area contributed by atoms with Crippen LogP contribution in [0, 0.1) is 22.6 Å². The van der Waals surface area contributed by atoms with Gasteiger partial charge in [0, 0.05) is 10.6 Å². The minimum absolute atomic E-state index is 0.0500. The molecular formula is C11H11ClFNO. The first kappa shape index (κ1) is 12.0. The number of rotatable bonds is 2. The highest BCUT2D eigenvalue weighted by atomic mass is 35.5. The molecule has 0 saturated carbocycles. The molecule has 1 unspecified atom stereocenters. The second-order valence-corrected chi connectivity index (χ2v) is 4.34. The zero-order chi connectivity index (χ0) is 11.6. The highest BCUT2D eigenvalue weighted by Crippen LogP contribution is 2.34. The smallest absolute Gasteiger partial charge is 0.129 e. The van der Waals surface area contributed by atoms with Crippen LogP contribution in [0.15, 0.2) is 18.2 Å². The molecule has 0 heterocycles. The number of hydrogen-bond acceptors (Lipinski definition) is 2. The predicted molar refractivity (Wildman–Crippen MR) is 55.8 cm³/mol. The summed E-state index contributed by atoms with van der Waals surface area (Å²) in [6, 6.07) is 5.83. The summed E-state index contributed by atoms with van der Waals surface area (Å²) in [6.45, 7) is 3.08. The van der Waals surface area contributed by atoms with Gasteiger partial charge in [0.15, 0.2) is 0 Å². The molecular weight excluding hydrogens is 217 g/mol. The van der Waals surface area contributed by atoms with Gasteiger partial charge in [0.05, 0.1) is 17.6 Å². The van der Waals surface area contributed by atoms with Crippen LogP contribution in [0.1, 0.15) is 25.5 Å². The zero-order valence-electron chi connectivity index (χ0n) is 8.46. The fraction of sp³-hybridized carbons (Fsp3) is 0.364. The first-order valence-corrected chi connectivity index (χ1v) is 4.80. The fourth-order valence-electron chi connectivity index (χ4n) is 1.17. The van der Waals surface area contributed by atoms with Gasteiger partial charge in [0.25, 0.3) is 0 Å². The van der Waals surface area contributed by atoms with Crippen molar-refractivity contribution in [3.8, 4) is 6.07 Å². The summed E-state index contributed by atoms with van der Waals surface area (Å²) in [5.74, 6) is -0.560. The van der Waals surface area contributed by atoms with Gasteiger partial charge in [0.1, 0.15) is 5.82 Å². The molecule has 2 nitrogen and oxygen atoms in total. The van der Waals surface area contributed by atoms with Crippen LogP contribution >= 0.6 is 11.6 Å². The van der Waals surface area contributed by atoms with E-state index in [1.54, 1.807) is 0 Å². The molecule has 1 N–H and O–H groups in total. The number of nitriles is 1. The van der Waals surface area contributed by atoms with Crippen LogP contribution in [0.25, 0.3) is 0 Å². The lowest BCUT2D eigenvalue weighted by Crippen LogP contribution is -2.20. The van der Waals surface area contributed by atoms with Crippen molar-refractivity contribution in [2.75, 3.05) is 0 Å². The van der Waals surface area contributed by atoms with Crippen molar-refractivity contribution in [3.05, 3.63) is 34.6 Å². The molecule has 0 aliphatic carbocycles. The Bertz CT molecular complexity index is 412. The molecule has 1 atom stereocenters. The highest BCUT2D eigenvalue weighted by Gasteiger charge is 2.31. The van der Waals surface area contributed by atoms with E-state index in [-0.39, 0.29) is 5.56 Å². The van der Waals surface area contributed by atoms with Gasteiger partial charge < -0.3 is 5.11 Å². The minimum atomic E-state index is -1.19. The van der Waals surface area contributed by atoms with E-state index in [4.69, 9.17) is 16.9 Å². The Morgan fingerprint density at radius 1 is 1.53 bits per heavy atom. The Kier molecular flexibility index (Phi) is 3.33. The molecule has 15 heavy (non-hydrogen) atoms. The average Bonchev–Trinajstić information content (AvgIpc) is 2.20. The zero-order valence-corrected chi connectivity index (χ0v) is 9.22. The maximum absolute atomic E-state index is 13.4. The van der Waals surface area contributed by atoms with E-state index in [0.29, 0.717) is 5.02 Å². The van der Waals surface area contributed by atoms with E-state index >= 15 is 0 Å². The van der Waals surface area contributed by atoms with E-state index in [1.807, 2.05) is 6.07 Å². The molecule has 1 aromatic carbocycles. The molecule has 0 saturated heterocycles. The molecule has 0 aliphatic heterocycles. The fourth-order valence-corrected chi connectivity index (χ4v) is 1.35. The van der Waals surface area contributed by atoms with E-state index in [9.17, 15) is 9.50 Å². The second kappa shape index (κ2) is 4.18. The highest BCUT2D eigenvalue weighted by molar-refractivity contribution is 6.30. The summed E-state index contributed by atoms with van der Waals surface area (Å²) in [7, 11) is 0. The molecule has 1 aromatic rings. The first-order chi connectivity index (χ1) is 6.88. The summed E-state index contributed by atoms with van der Waals surface area (Å²) >= 11 is 5.69. The largest absolute Gasteiger partial charge is 0.387 e. The number of halogens is 2. The van der Waals surface area contributed by atoms with Crippen molar-refractivity contribution in [3.63, 3.8) is 0 Å². The third-order valence-corrected chi connectivity index (χ3v) is 2.46. The number of benzene rings is 1. The van der Waals surface area contributed by atoms with Crippen molar-refractivity contribution >= 4 is 11.6 Å². The van der Waals surface area contributed by atoms with E-state index in [1.165, 1.54) is 32.0 Å². The van der Waals surface area contributed by atoms with Crippen LogP contribution in [-0.4, -0.2) is 5.11 Å². The Hall–Kier alpha value is -1.11. The van der Waals surface area contributed by atoms with Crippen LogP contribution in [0.2, 0.25) is 5.02 Å². The molecule has 0 fully saturated rings. The van der Waals surface area contributed by atoms with Gasteiger partial charge in [-0.05, 0) is 32.0 Å². The van der Waals surface area contributed by atoms with Gasteiger partial charge in [0.2, 0.25) is 0 Å². The van der Waals surface area contributed by atoms with Crippen molar-refractivity contribution in [2.45, 2.75) is 20.0 Å². The molecule has 1 rings (SSSR count). The summed E-state index contributed by atoms with van der Waals surface area (Å²) in [4.78, 5) is 0. The van der Waals surface area contributed by atoms with Crippen LogP contribution in [0.3, 0.4) is 0 Å². The maximum Gasteiger partial charge on any atom is 0.129 e. The van der Waals surface area contributed by atoms with E-state index in [2.05, 4.69) is 0 Å². The summed E-state index contributed by atoms with van der Waals surface area (Å²) in [5, 5.41) is 19.0. The summed E-state index contributed by atoms with van der Waals surface area (Å²) < 4.78 is 13.4. The summed E-state index contributed by atoms with van der Waals surface area (Å²) in [5.41, 5.74) is -1.00. The number of nitrogens with zero attached hydrogens (tertiary/aromatic N) is 1. The molecule has 0 amide bonds. The number of aliphatic hydroxyl groups excluding tert-OH is 1. The van der Waals surface area contributed by atoms with Crippen molar-refractivity contribution < 1.29 is 9.50 Å². The van der Waals surface area contributed by atoms with Gasteiger partial charge in [-0.3, -0.25) is 0 Å². The van der Waals surface area contributed by atoms with Gasteiger partial charge in [-0.2, -0.15) is 5.26 Å². The first-order valence-electron chi connectivity index (χ1n) is 4.43. The number of aliphatic hydroxyl groups is 1. The summed E-state index contributed by atoms with van der Waals surface area (Å²) in [6.07, 6.45) is -1.19. The molecule has 4 heteroatoms. The monoisotopic (exact) mass is 227 g/mol. The lowest BCUT2D eigenvalue weighted by atomic mass is 9.84. The van der Waals surface area contributed by atoms with Crippen molar-refractivity contribution in [2.24, 2.45) is 5.41 Å². The minimum Gasteiger partial charge on any atom is -0.387 e. The third kappa shape index (κ3) is 2.47. The van der Waals surface area contributed by atoms with Crippen LogP contribution in [0.4, 0.5) is 4.39 Å². The molecule has 80 valence electrons. The molecule has 0 radical (unpaired) electrons. The van der Waals surface area contributed by atoms with Crippen LogP contribution in [0.5, 0.6) is 0 Å². The van der Waals surface area contributed by atoms with Crippen LogP contribution in [-0.2, 0) is 0 Å². The Morgan fingerprint density at radius 2 is 2.13 bits per heavy atom. The van der Waals surface area contributed by atoms with Gasteiger partial charge >= 0.3 is 0 Å². The van der Waals surface area contributed by atoms with E-state index < -0.39 is 17.3 Å². The average molecular weight is 228 g/mol. The second-order valence-electron chi connectivity index (χ2n) is 3.90. The van der Waals surface area contributed by atoms with E-state index in [0.717, 1.165) is 0 Å². The quantitative estimate of drug-likeness (QED) is 0.844. The molecule has 0 aliphatic rings. The topological polar surface area (TPSA) is 44.0 Å². The SMILES string of the molecule is CC(C)(C#N)C(O)c1cc(Cl)ccc1F. The van der Waals surface area contributed by atoms with Gasteiger partial charge in [-0.15, -0.1) is 0 Å². The normalized spacial score (nSPS) is 13.3. The Morgan fingerprint density at radius 3 is 2.67 bits per heavy atom. The van der Waals surface area contributed by atoms with Gasteiger partial charge in [-0.1, -0.05) is 11.6 Å². The molecule has 0 bridgehead atoms. The lowest BCUT2D eigenvalue weighted by Gasteiger charge is -2.23. The maximum atomic E-state index is 13.4. The standard InChI is InChI=1S/C11H11ClFNO/c1-11(2,6-14)10(15)8-5-7(12)3-4-9(8)13/h3-5,10,15H,1-2H3. The number of hydrogen-bond donors (Lipinski definition) is 1. The lowest BCUT2D eigenvalue weighted by molar-refractivity contribution is 0.0832. The van der Waals surface area contributed by atoms with Crippen molar-refractivity contribution in [1.82, 2.24) is 0 Å². The predicted octanol–water partition coefficient (Wildman–Crippen LogP) is 3.06. The van der Waals surface area contributed by atoms with Crippen molar-refractivity contribution in [1.29, 1.82) is 5.26 Å². The molecule has 0 spiro atoms. The molecule has 0 aromatic heterocycles. The van der Waals surface area contributed by atoms with Crippen LogP contribution < -0.4 is 0 Å². The Labute approximate surface area is 92.9 Å². The Balaban J connectivity index is 3.17. The third-order valence-electron chi connectivity index (χ3n) is 2.22.